The lowest BCUT2D eigenvalue weighted by Gasteiger charge is -2.32. The van der Waals surface area contributed by atoms with Gasteiger partial charge in [-0.15, -0.1) is 0 Å². The Kier molecular flexibility index (Phi) is 12.0. The number of carbonyl (C=O) groups is 3. The van der Waals surface area contributed by atoms with Gasteiger partial charge in [-0.2, -0.15) is 8.42 Å². The molecule has 3 amide bonds. The van der Waals surface area contributed by atoms with E-state index in [9.17, 15) is 22.8 Å². The number of nitrogens with zero attached hydrogens (tertiary/aromatic N) is 1. The Balaban J connectivity index is 1.34. The van der Waals surface area contributed by atoms with Crippen LogP contribution in [0.2, 0.25) is 5.02 Å². The van der Waals surface area contributed by atoms with Gasteiger partial charge in [-0.25, -0.2) is 0 Å². The Hall–Kier alpha value is -4.77. The molecule has 1 aliphatic rings. The molecule has 1 atom stereocenters. The van der Waals surface area contributed by atoms with Crippen molar-refractivity contribution in [3.8, 4) is 11.1 Å². The summed E-state index contributed by atoms with van der Waals surface area (Å²) < 4.78 is 30.9. The maximum absolute atomic E-state index is 14.0. The zero-order chi connectivity index (χ0) is 37.6. The van der Waals surface area contributed by atoms with Crippen LogP contribution in [0.25, 0.3) is 16.7 Å². The van der Waals surface area contributed by atoms with Gasteiger partial charge < -0.3 is 15.5 Å². The number of benzene rings is 4. The number of nitrogens with one attached hydrogen (secondary N) is 2. The molecule has 0 bridgehead atoms. The predicted molar refractivity (Wildman–Crippen MR) is 207 cm³/mol. The Labute approximate surface area is 310 Å². The average molecular weight is 742 g/mol. The van der Waals surface area contributed by atoms with Gasteiger partial charge in [0.05, 0.1) is 11.7 Å². The smallest absolute Gasteiger partial charge is 0.266 e. The van der Waals surface area contributed by atoms with Crippen LogP contribution >= 0.6 is 11.6 Å². The van der Waals surface area contributed by atoms with E-state index in [1.165, 1.54) is 0 Å². The minimum absolute atomic E-state index is 0.132. The third-order valence-corrected chi connectivity index (χ3v) is 10.0. The molecule has 1 aliphatic heterocycles. The maximum atomic E-state index is 14.0. The van der Waals surface area contributed by atoms with Gasteiger partial charge in [-0.3, -0.25) is 18.9 Å². The van der Waals surface area contributed by atoms with Gasteiger partial charge in [-0.1, -0.05) is 93.0 Å². The van der Waals surface area contributed by atoms with E-state index in [-0.39, 0.29) is 18.4 Å². The minimum atomic E-state index is -4.19. The highest BCUT2D eigenvalue weighted by Gasteiger charge is 2.28. The van der Waals surface area contributed by atoms with Crippen LogP contribution in [0.3, 0.4) is 0 Å². The van der Waals surface area contributed by atoms with Crippen molar-refractivity contribution in [2.75, 3.05) is 30.7 Å². The Morgan fingerprint density at radius 2 is 1.56 bits per heavy atom. The molecule has 0 saturated heterocycles. The molecule has 272 valence electrons. The second-order valence-electron chi connectivity index (χ2n) is 14.1. The lowest BCUT2D eigenvalue weighted by Crippen LogP contribution is -2.41. The van der Waals surface area contributed by atoms with Crippen LogP contribution in [0.5, 0.6) is 0 Å². The van der Waals surface area contributed by atoms with Crippen LogP contribution in [0.4, 0.5) is 5.69 Å². The third kappa shape index (κ3) is 10.2. The fourth-order valence-corrected chi connectivity index (χ4v) is 6.81. The number of carbonyl (C=O) groups excluding carboxylic acids is 3. The molecule has 0 fully saturated rings. The zero-order valence-electron chi connectivity index (χ0n) is 29.8. The molecular weight excluding hydrogens is 698 g/mol. The van der Waals surface area contributed by atoms with Crippen molar-refractivity contribution < 1.29 is 27.4 Å². The topological polar surface area (TPSA) is 133 Å². The van der Waals surface area contributed by atoms with Crippen LogP contribution in [-0.2, 0) is 26.1 Å². The lowest BCUT2D eigenvalue weighted by molar-refractivity contribution is -0.139. The van der Waals surface area contributed by atoms with Crippen LogP contribution in [0, 0.1) is 12.3 Å². The fraction of sp³-hybridized carbons (Fsp3) is 0.293. The van der Waals surface area contributed by atoms with Gasteiger partial charge in [0.25, 0.3) is 16.0 Å². The van der Waals surface area contributed by atoms with E-state index in [1.807, 2.05) is 99.3 Å². The van der Waals surface area contributed by atoms with Gasteiger partial charge >= 0.3 is 0 Å². The molecule has 0 spiro atoms. The molecule has 0 unspecified atom stereocenters. The monoisotopic (exact) mass is 741 g/mol. The van der Waals surface area contributed by atoms with Crippen LogP contribution < -0.4 is 10.6 Å². The van der Waals surface area contributed by atoms with Gasteiger partial charge in [0.2, 0.25) is 11.8 Å². The van der Waals surface area contributed by atoms with E-state index in [4.69, 9.17) is 16.2 Å². The number of hydrogen-bond acceptors (Lipinski definition) is 5. The normalized spacial score (nSPS) is 14.0. The first-order valence-corrected chi connectivity index (χ1v) is 19.1. The van der Waals surface area contributed by atoms with E-state index in [0.717, 1.165) is 45.4 Å². The summed E-state index contributed by atoms with van der Waals surface area (Å²) in [4.78, 5) is 41.2. The first-order valence-electron chi connectivity index (χ1n) is 17.2. The second-order valence-corrected chi connectivity index (χ2v) is 16.1. The largest absolute Gasteiger partial charge is 0.351 e. The zero-order valence-corrected chi connectivity index (χ0v) is 31.4. The van der Waals surface area contributed by atoms with E-state index in [2.05, 4.69) is 16.7 Å². The summed E-state index contributed by atoms with van der Waals surface area (Å²) in [6, 6.07) is 28.2. The van der Waals surface area contributed by atoms with Crippen LogP contribution in [-0.4, -0.2) is 61.0 Å². The van der Waals surface area contributed by atoms with Crippen molar-refractivity contribution >= 4 is 50.7 Å². The molecule has 3 N–H and O–H groups in total. The number of aryl methyl sites for hydroxylation is 1. The summed E-state index contributed by atoms with van der Waals surface area (Å²) in [5.41, 5.74) is 7.50. The molecule has 4 aromatic carbocycles. The van der Waals surface area contributed by atoms with Gasteiger partial charge in [0, 0.05) is 41.3 Å². The van der Waals surface area contributed by atoms with Crippen molar-refractivity contribution in [3.63, 3.8) is 0 Å². The summed E-state index contributed by atoms with van der Waals surface area (Å²) in [6.07, 6.45) is 3.19. The molecule has 4 aromatic rings. The molecule has 9 nitrogen and oxygen atoms in total. The van der Waals surface area contributed by atoms with E-state index in [1.54, 1.807) is 24.3 Å². The highest BCUT2D eigenvalue weighted by Crippen LogP contribution is 2.31. The Morgan fingerprint density at radius 3 is 2.13 bits per heavy atom. The predicted octanol–water partition coefficient (Wildman–Crippen LogP) is 7.56. The van der Waals surface area contributed by atoms with E-state index in [0.29, 0.717) is 35.8 Å². The number of anilines is 1. The first-order chi connectivity index (χ1) is 24.6. The van der Waals surface area contributed by atoms with Gasteiger partial charge in [0.1, 0.15) is 0 Å². The van der Waals surface area contributed by atoms with Crippen molar-refractivity contribution in [2.24, 2.45) is 5.41 Å². The molecule has 0 saturated carbocycles. The number of rotatable bonds is 11. The molecule has 0 radical (unpaired) electrons. The van der Waals surface area contributed by atoms with Gasteiger partial charge in [0.15, 0.2) is 0 Å². The summed E-state index contributed by atoms with van der Waals surface area (Å²) in [5.74, 6) is -1.68. The van der Waals surface area contributed by atoms with Gasteiger partial charge in [-0.05, 0) is 95.1 Å². The van der Waals surface area contributed by atoms with Crippen molar-refractivity contribution in [1.29, 1.82) is 0 Å². The van der Waals surface area contributed by atoms with Crippen molar-refractivity contribution in [2.45, 2.75) is 46.5 Å². The molecule has 1 heterocycles. The molecule has 11 heteroatoms. The standard InChI is InChI=1S/C41H44ClN3O6S/c1-27-25-34(42)15-18-36(27)31-13-16-35(17-14-31)44-39(47)37(26-28-5-7-33(8-6-28)38(46)43-21-24-52(49,50)51)32-11-9-29(10-12-32)30-19-22-45(23-20-30)40(48)41(2,3)4/h5-19,25,37H,20-24,26H2,1-4H3,(H,43,46)(H,44,47)(H,49,50,51)/t37-/m1/s1. The lowest BCUT2D eigenvalue weighted by atomic mass is 9.88. The number of amides is 3. The van der Waals surface area contributed by atoms with E-state index >= 15 is 0 Å². The second kappa shape index (κ2) is 16.3. The van der Waals surface area contributed by atoms with Crippen LogP contribution in [0.15, 0.2) is 97.1 Å². The summed E-state index contributed by atoms with van der Waals surface area (Å²) >= 11 is 6.15. The van der Waals surface area contributed by atoms with Crippen LogP contribution in [0.1, 0.15) is 65.7 Å². The van der Waals surface area contributed by atoms with Crippen molar-refractivity contribution in [1.82, 2.24) is 10.2 Å². The fourth-order valence-electron chi connectivity index (χ4n) is 6.22. The number of halogens is 1. The Bertz CT molecular complexity index is 2070. The SMILES string of the molecule is Cc1cc(Cl)ccc1-c1ccc(NC(=O)[C@H](Cc2ccc(C(=O)NCCS(=O)(=O)O)cc2)c2ccc(C3=CCN(C(=O)C(C)(C)C)CC3)cc2)cc1. The third-order valence-electron chi connectivity index (χ3n) is 9.09. The highest BCUT2D eigenvalue weighted by molar-refractivity contribution is 7.85. The van der Waals surface area contributed by atoms with Crippen molar-refractivity contribution in [3.05, 3.63) is 130 Å². The molecule has 0 aromatic heterocycles. The summed E-state index contributed by atoms with van der Waals surface area (Å²) in [5, 5.41) is 6.25. The quantitative estimate of drug-likeness (QED) is 0.136. The first kappa shape index (κ1) is 38.5. The Morgan fingerprint density at radius 1 is 0.904 bits per heavy atom. The highest BCUT2D eigenvalue weighted by atomic mass is 35.5. The average Bonchev–Trinajstić information content (AvgIpc) is 3.10. The number of hydrogen-bond donors (Lipinski definition) is 3. The molecule has 52 heavy (non-hydrogen) atoms. The summed E-state index contributed by atoms with van der Waals surface area (Å²) in [7, 11) is -4.19. The minimum Gasteiger partial charge on any atom is -0.351 e. The maximum Gasteiger partial charge on any atom is 0.266 e. The van der Waals surface area contributed by atoms with E-state index < -0.39 is 33.1 Å². The molecule has 0 aliphatic carbocycles. The summed E-state index contributed by atoms with van der Waals surface area (Å²) in [6.45, 7) is 8.78. The molecule has 5 rings (SSSR count). The molecular formula is C41H44ClN3O6S.